The molecule has 0 saturated carbocycles. The van der Waals surface area contributed by atoms with E-state index in [1.807, 2.05) is 55.5 Å². The van der Waals surface area contributed by atoms with Gasteiger partial charge in [-0.1, -0.05) is 53.7 Å². The molecule has 2 aromatic carbocycles. The fourth-order valence-corrected chi connectivity index (χ4v) is 3.26. The second-order valence-corrected chi connectivity index (χ2v) is 7.17. The predicted octanol–water partition coefficient (Wildman–Crippen LogP) is 3.54. The number of methoxy groups -OCH3 is 1. The van der Waals surface area contributed by atoms with Gasteiger partial charge in [-0.15, -0.1) is 5.10 Å². The molecule has 0 fully saturated rings. The predicted molar refractivity (Wildman–Crippen MR) is 107 cm³/mol. The number of hydrogen-bond acceptors (Lipinski definition) is 5. The molecule has 0 bridgehead atoms. The molecule has 1 N–H and O–H groups in total. The maximum absolute atomic E-state index is 12.4. The summed E-state index contributed by atoms with van der Waals surface area (Å²) in [6, 6.07) is 15.8. The Kier molecular flexibility index (Phi) is 6.13. The third-order valence-corrected chi connectivity index (χ3v) is 4.93. The highest BCUT2D eigenvalue weighted by Crippen LogP contribution is 2.20. The minimum Gasteiger partial charge on any atom is -0.497 e. The summed E-state index contributed by atoms with van der Waals surface area (Å²) in [5.41, 5.74) is 3.19. The first-order chi connectivity index (χ1) is 13.0. The number of aryl methyl sites for hydroxylation is 1. The molecule has 3 rings (SSSR count). The number of H-pyrrole nitrogens is 1. The molecule has 1 amide bonds. The third kappa shape index (κ3) is 5.10. The van der Waals surface area contributed by atoms with Gasteiger partial charge in [0.05, 0.1) is 12.9 Å². The van der Waals surface area contributed by atoms with Gasteiger partial charge in [-0.3, -0.25) is 9.89 Å². The van der Waals surface area contributed by atoms with E-state index in [0.29, 0.717) is 17.5 Å². The van der Waals surface area contributed by atoms with Gasteiger partial charge in [0, 0.05) is 19.2 Å². The van der Waals surface area contributed by atoms with Crippen molar-refractivity contribution in [2.24, 2.45) is 0 Å². The number of rotatable bonds is 7. The van der Waals surface area contributed by atoms with Crippen LogP contribution in [0.15, 0.2) is 53.7 Å². The van der Waals surface area contributed by atoms with E-state index in [0.717, 1.165) is 16.9 Å². The van der Waals surface area contributed by atoms with Gasteiger partial charge in [0.15, 0.2) is 5.82 Å². The summed E-state index contributed by atoms with van der Waals surface area (Å²) in [4.78, 5) is 18.5. The molecule has 140 valence electrons. The van der Waals surface area contributed by atoms with Crippen LogP contribution in [-0.2, 0) is 11.3 Å². The zero-order valence-corrected chi connectivity index (χ0v) is 16.4. The van der Waals surface area contributed by atoms with Gasteiger partial charge in [0.2, 0.25) is 11.1 Å². The lowest BCUT2D eigenvalue weighted by atomic mass is 10.1. The van der Waals surface area contributed by atoms with E-state index < -0.39 is 0 Å². The van der Waals surface area contributed by atoms with Gasteiger partial charge in [-0.05, 0) is 24.6 Å². The fourth-order valence-electron chi connectivity index (χ4n) is 2.52. The maximum Gasteiger partial charge on any atom is 0.233 e. The van der Waals surface area contributed by atoms with E-state index in [1.54, 1.807) is 19.1 Å². The number of amides is 1. The first kappa shape index (κ1) is 19.0. The molecule has 0 atom stereocenters. The molecule has 27 heavy (non-hydrogen) atoms. The summed E-state index contributed by atoms with van der Waals surface area (Å²) in [6.45, 7) is 2.57. The van der Waals surface area contributed by atoms with E-state index in [2.05, 4.69) is 15.2 Å². The van der Waals surface area contributed by atoms with E-state index in [4.69, 9.17) is 4.74 Å². The minimum absolute atomic E-state index is 0.0181. The Morgan fingerprint density at radius 1 is 1.22 bits per heavy atom. The summed E-state index contributed by atoms with van der Waals surface area (Å²) in [6.07, 6.45) is 0. The minimum atomic E-state index is 0.0181. The van der Waals surface area contributed by atoms with Crippen LogP contribution in [0.5, 0.6) is 5.75 Å². The van der Waals surface area contributed by atoms with Crippen molar-refractivity contribution in [3.8, 4) is 17.1 Å². The number of aromatic nitrogens is 3. The Labute approximate surface area is 163 Å². The summed E-state index contributed by atoms with van der Waals surface area (Å²) >= 11 is 1.32. The molecular formula is C20H22N4O2S. The Morgan fingerprint density at radius 2 is 2.00 bits per heavy atom. The molecule has 0 aliphatic rings. The maximum atomic E-state index is 12.4. The number of benzene rings is 2. The van der Waals surface area contributed by atoms with Crippen molar-refractivity contribution in [1.82, 2.24) is 20.1 Å². The van der Waals surface area contributed by atoms with Crippen LogP contribution in [0.1, 0.15) is 11.1 Å². The van der Waals surface area contributed by atoms with Crippen molar-refractivity contribution in [2.75, 3.05) is 19.9 Å². The normalized spacial score (nSPS) is 10.6. The van der Waals surface area contributed by atoms with Crippen LogP contribution in [-0.4, -0.2) is 45.9 Å². The van der Waals surface area contributed by atoms with Gasteiger partial charge in [-0.25, -0.2) is 4.98 Å². The van der Waals surface area contributed by atoms with Gasteiger partial charge in [0.25, 0.3) is 0 Å². The Morgan fingerprint density at radius 3 is 2.74 bits per heavy atom. The first-order valence-corrected chi connectivity index (χ1v) is 9.53. The van der Waals surface area contributed by atoms with E-state index in [1.165, 1.54) is 17.3 Å². The number of carbonyl (C=O) groups is 1. The summed E-state index contributed by atoms with van der Waals surface area (Å²) < 4.78 is 5.22. The quantitative estimate of drug-likeness (QED) is 0.633. The van der Waals surface area contributed by atoms with Gasteiger partial charge in [-0.2, -0.15) is 0 Å². The van der Waals surface area contributed by atoms with Crippen LogP contribution >= 0.6 is 11.8 Å². The lowest BCUT2D eigenvalue weighted by molar-refractivity contribution is -0.127. The van der Waals surface area contributed by atoms with Crippen molar-refractivity contribution in [2.45, 2.75) is 18.6 Å². The first-order valence-electron chi connectivity index (χ1n) is 8.54. The fraction of sp³-hybridized carbons (Fsp3) is 0.250. The molecule has 0 spiro atoms. The number of aromatic amines is 1. The highest BCUT2D eigenvalue weighted by atomic mass is 32.2. The molecule has 0 aliphatic carbocycles. The largest absolute Gasteiger partial charge is 0.497 e. The SMILES string of the molecule is COc1cccc(CN(C)C(=O)CSc2n[nH]c(-c3ccc(C)cc3)n2)c1. The van der Waals surface area contributed by atoms with E-state index in [-0.39, 0.29) is 11.7 Å². The Hall–Kier alpha value is -2.80. The highest BCUT2D eigenvalue weighted by Gasteiger charge is 2.13. The molecule has 0 aliphatic heterocycles. The van der Waals surface area contributed by atoms with Crippen molar-refractivity contribution in [3.05, 3.63) is 59.7 Å². The standard InChI is InChI=1S/C20H22N4O2S/c1-14-7-9-16(10-8-14)19-21-20(23-22-19)27-13-18(25)24(2)12-15-5-4-6-17(11-15)26-3/h4-11H,12-13H2,1-3H3,(H,21,22,23). The summed E-state index contributed by atoms with van der Waals surface area (Å²) in [7, 11) is 3.42. The van der Waals surface area contributed by atoms with Crippen LogP contribution in [0.3, 0.4) is 0 Å². The lowest BCUT2D eigenvalue weighted by Gasteiger charge is -2.17. The van der Waals surface area contributed by atoms with Crippen LogP contribution < -0.4 is 4.74 Å². The Bertz CT molecular complexity index is 908. The number of ether oxygens (including phenoxy) is 1. The summed E-state index contributed by atoms with van der Waals surface area (Å²) in [5.74, 6) is 1.79. The Balaban J connectivity index is 1.54. The molecule has 0 unspecified atom stereocenters. The van der Waals surface area contributed by atoms with Crippen LogP contribution in [0.25, 0.3) is 11.4 Å². The lowest BCUT2D eigenvalue weighted by Crippen LogP contribution is -2.27. The zero-order valence-electron chi connectivity index (χ0n) is 15.6. The van der Waals surface area contributed by atoms with Crippen LogP contribution in [0.4, 0.5) is 0 Å². The number of thioether (sulfide) groups is 1. The van der Waals surface area contributed by atoms with Gasteiger partial charge >= 0.3 is 0 Å². The van der Waals surface area contributed by atoms with Crippen LogP contribution in [0, 0.1) is 6.92 Å². The highest BCUT2D eigenvalue weighted by molar-refractivity contribution is 7.99. The number of nitrogens with one attached hydrogen (secondary N) is 1. The molecule has 0 saturated heterocycles. The average Bonchev–Trinajstić information content (AvgIpc) is 3.15. The van der Waals surface area contributed by atoms with Crippen molar-refractivity contribution < 1.29 is 9.53 Å². The second kappa shape index (κ2) is 8.73. The molecule has 0 radical (unpaired) electrons. The number of carbonyl (C=O) groups excluding carboxylic acids is 1. The topological polar surface area (TPSA) is 71.1 Å². The molecule has 6 nitrogen and oxygen atoms in total. The van der Waals surface area contributed by atoms with Crippen molar-refractivity contribution >= 4 is 17.7 Å². The molecule has 3 aromatic rings. The average molecular weight is 382 g/mol. The zero-order chi connectivity index (χ0) is 19.2. The van der Waals surface area contributed by atoms with Gasteiger partial charge < -0.3 is 9.64 Å². The molecule has 7 heteroatoms. The molecule has 1 heterocycles. The third-order valence-electron chi connectivity index (χ3n) is 4.09. The number of hydrogen-bond donors (Lipinski definition) is 1. The van der Waals surface area contributed by atoms with Gasteiger partial charge in [0.1, 0.15) is 5.75 Å². The summed E-state index contributed by atoms with van der Waals surface area (Å²) in [5, 5.41) is 7.68. The molecule has 1 aromatic heterocycles. The number of nitrogens with zero attached hydrogens (tertiary/aromatic N) is 3. The smallest absolute Gasteiger partial charge is 0.233 e. The van der Waals surface area contributed by atoms with Crippen molar-refractivity contribution in [3.63, 3.8) is 0 Å². The van der Waals surface area contributed by atoms with Crippen molar-refractivity contribution in [1.29, 1.82) is 0 Å². The second-order valence-electron chi connectivity index (χ2n) is 6.22. The van der Waals surface area contributed by atoms with Crippen LogP contribution in [0.2, 0.25) is 0 Å². The monoisotopic (exact) mass is 382 g/mol. The van der Waals surface area contributed by atoms with E-state index >= 15 is 0 Å². The van der Waals surface area contributed by atoms with E-state index in [9.17, 15) is 4.79 Å². The molecular weight excluding hydrogens is 360 g/mol.